The molecule has 3 aromatic rings. The van der Waals surface area contributed by atoms with Crippen LogP contribution >= 0.6 is 11.8 Å². The number of amides is 1. The highest BCUT2D eigenvalue weighted by molar-refractivity contribution is 7.99. The summed E-state index contributed by atoms with van der Waals surface area (Å²) >= 11 is 1.74. The van der Waals surface area contributed by atoms with Crippen molar-refractivity contribution in [2.45, 2.75) is 37.0 Å². The normalized spacial score (nSPS) is 11.2. The number of benzene rings is 3. The van der Waals surface area contributed by atoms with E-state index >= 15 is 0 Å². The van der Waals surface area contributed by atoms with Crippen LogP contribution in [0.3, 0.4) is 0 Å². The van der Waals surface area contributed by atoms with Crippen molar-refractivity contribution >= 4 is 33.4 Å². The lowest BCUT2D eigenvalue weighted by Crippen LogP contribution is -2.41. The quantitative estimate of drug-likeness (QED) is 0.322. The smallest absolute Gasteiger partial charge is 0.264 e. The Hall–Kier alpha value is -2.77. The zero-order valence-corrected chi connectivity index (χ0v) is 20.9. The fourth-order valence-electron chi connectivity index (χ4n) is 3.25. The van der Waals surface area contributed by atoms with Gasteiger partial charge in [-0.15, -0.1) is 11.8 Å². The molecule has 0 fully saturated rings. The van der Waals surface area contributed by atoms with Gasteiger partial charge in [-0.2, -0.15) is 0 Å². The lowest BCUT2D eigenvalue weighted by atomic mass is 10.2. The van der Waals surface area contributed by atoms with Gasteiger partial charge >= 0.3 is 0 Å². The van der Waals surface area contributed by atoms with Crippen molar-refractivity contribution in [1.82, 2.24) is 5.32 Å². The second kappa shape index (κ2) is 11.4. The van der Waals surface area contributed by atoms with Gasteiger partial charge in [0.2, 0.25) is 5.91 Å². The van der Waals surface area contributed by atoms with E-state index in [0.717, 1.165) is 23.3 Å². The Morgan fingerprint density at radius 2 is 1.52 bits per heavy atom. The third-order valence-corrected chi connectivity index (χ3v) is 8.01. The monoisotopic (exact) mass is 482 g/mol. The number of nitrogens with zero attached hydrogens (tertiary/aromatic N) is 1. The molecular formula is C26H30N2O3S2. The first-order valence-corrected chi connectivity index (χ1v) is 13.3. The van der Waals surface area contributed by atoms with Crippen LogP contribution in [-0.2, 0) is 14.8 Å². The van der Waals surface area contributed by atoms with Crippen LogP contribution in [-0.4, -0.2) is 33.2 Å². The van der Waals surface area contributed by atoms with Crippen molar-refractivity contribution in [3.63, 3.8) is 0 Å². The SMILES string of the molecule is Cc1ccc(SCCCNC(=O)CN(c2cccc(C)c2)S(=O)(=O)c2ccc(C)cc2)cc1. The van der Waals surface area contributed by atoms with Crippen molar-refractivity contribution in [3.05, 3.63) is 89.5 Å². The van der Waals surface area contributed by atoms with Gasteiger partial charge in [0, 0.05) is 11.4 Å². The molecule has 3 rings (SSSR count). The molecule has 0 aliphatic rings. The maximum absolute atomic E-state index is 13.4. The summed E-state index contributed by atoms with van der Waals surface area (Å²) in [4.78, 5) is 14.1. The highest BCUT2D eigenvalue weighted by atomic mass is 32.2. The van der Waals surface area contributed by atoms with Crippen molar-refractivity contribution in [3.8, 4) is 0 Å². The number of sulfonamides is 1. The lowest BCUT2D eigenvalue weighted by molar-refractivity contribution is -0.119. The van der Waals surface area contributed by atoms with Gasteiger partial charge in [-0.1, -0.05) is 47.5 Å². The average Bonchev–Trinajstić information content (AvgIpc) is 2.78. The van der Waals surface area contributed by atoms with Gasteiger partial charge in [0.25, 0.3) is 10.0 Å². The molecule has 33 heavy (non-hydrogen) atoms. The van der Waals surface area contributed by atoms with E-state index in [1.165, 1.54) is 14.8 Å². The summed E-state index contributed by atoms with van der Waals surface area (Å²) in [7, 11) is -3.89. The minimum absolute atomic E-state index is 0.164. The number of carbonyl (C=O) groups is 1. The molecular weight excluding hydrogens is 452 g/mol. The number of nitrogens with one attached hydrogen (secondary N) is 1. The minimum atomic E-state index is -3.89. The van der Waals surface area contributed by atoms with E-state index in [1.54, 1.807) is 54.2 Å². The molecule has 3 aromatic carbocycles. The van der Waals surface area contributed by atoms with Crippen molar-refractivity contribution in [2.24, 2.45) is 0 Å². The van der Waals surface area contributed by atoms with Crippen molar-refractivity contribution in [2.75, 3.05) is 23.1 Å². The Balaban J connectivity index is 1.64. The lowest BCUT2D eigenvalue weighted by Gasteiger charge is -2.24. The molecule has 0 heterocycles. The molecule has 0 radical (unpaired) electrons. The van der Waals surface area contributed by atoms with Crippen molar-refractivity contribution < 1.29 is 13.2 Å². The average molecular weight is 483 g/mol. The Kier molecular flexibility index (Phi) is 8.58. The Labute approximate surface area is 201 Å². The molecule has 0 unspecified atom stereocenters. The van der Waals surface area contributed by atoms with Gasteiger partial charge in [0.1, 0.15) is 6.54 Å². The summed E-state index contributed by atoms with van der Waals surface area (Å²) in [5.41, 5.74) is 3.59. The number of thioether (sulfide) groups is 1. The van der Waals surface area contributed by atoms with Gasteiger partial charge < -0.3 is 5.32 Å². The fraction of sp³-hybridized carbons (Fsp3) is 0.269. The van der Waals surface area contributed by atoms with E-state index in [0.29, 0.717) is 12.2 Å². The molecule has 7 heteroatoms. The first-order chi connectivity index (χ1) is 15.8. The van der Waals surface area contributed by atoms with Gasteiger partial charge in [-0.05, 0) is 74.9 Å². The third kappa shape index (κ3) is 7.11. The van der Waals surface area contributed by atoms with E-state index in [4.69, 9.17) is 0 Å². The Morgan fingerprint density at radius 3 is 2.15 bits per heavy atom. The molecule has 0 spiro atoms. The zero-order valence-electron chi connectivity index (χ0n) is 19.2. The van der Waals surface area contributed by atoms with Gasteiger partial charge in [0.15, 0.2) is 0 Å². The van der Waals surface area contributed by atoms with E-state index in [1.807, 2.05) is 19.9 Å². The molecule has 0 bridgehead atoms. The molecule has 0 aliphatic heterocycles. The summed E-state index contributed by atoms with van der Waals surface area (Å²) in [5, 5.41) is 2.87. The first kappa shape index (κ1) is 24.9. The van der Waals surface area contributed by atoms with E-state index in [2.05, 4.69) is 36.5 Å². The first-order valence-electron chi connectivity index (χ1n) is 10.9. The highest BCUT2D eigenvalue weighted by Crippen LogP contribution is 2.25. The molecule has 1 N–H and O–H groups in total. The molecule has 0 saturated heterocycles. The predicted octanol–water partition coefficient (Wildman–Crippen LogP) is 5.11. The summed E-state index contributed by atoms with van der Waals surface area (Å²) in [5.74, 6) is 0.541. The van der Waals surface area contributed by atoms with Crippen molar-refractivity contribution in [1.29, 1.82) is 0 Å². The van der Waals surface area contributed by atoms with E-state index < -0.39 is 10.0 Å². The maximum Gasteiger partial charge on any atom is 0.264 e. The molecule has 0 atom stereocenters. The number of anilines is 1. The molecule has 5 nitrogen and oxygen atoms in total. The van der Waals surface area contributed by atoms with Crippen LogP contribution < -0.4 is 9.62 Å². The fourth-order valence-corrected chi connectivity index (χ4v) is 5.51. The summed E-state index contributed by atoms with van der Waals surface area (Å²) in [6.07, 6.45) is 0.791. The molecule has 0 aliphatic carbocycles. The highest BCUT2D eigenvalue weighted by Gasteiger charge is 2.27. The molecule has 174 valence electrons. The summed E-state index contributed by atoms with van der Waals surface area (Å²) < 4.78 is 28.0. The van der Waals surface area contributed by atoms with Gasteiger partial charge in [-0.3, -0.25) is 9.10 Å². The number of rotatable bonds is 10. The van der Waals surface area contributed by atoms with Crippen LogP contribution in [0.2, 0.25) is 0 Å². The molecule has 0 saturated carbocycles. The van der Waals surface area contributed by atoms with Crippen LogP contribution in [0.25, 0.3) is 0 Å². The minimum Gasteiger partial charge on any atom is -0.354 e. The standard InChI is InChI=1S/C26H30N2O3S2/c1-20-8-12-24(13-9-20)32-17-5-16-27-26(29)19-28(23-7-4-6-22(3)18-23)33(30,31)25-14-10-21(2)11-15-25/h4,6-15,18H,5,16-17,19H2,1-3H3,(H,27,29). The molecule has 1 amide bonds. The number of aryl methyl sites for hydroxylation is 3. The largest absolute Gasteiger partial charge is 0.354 e. The van der Waals surface area contributed by atoms with Crippen LogP contribution in [0.1, 0.15) is 23.1 Å². The Bertz CT molecular complexity index is 1170. The van der Waals surface area contributed by atoms with Crippen LogP contribution in [0.15, 0.2) is 82.6 Å². The number of carbonyl (C=O) groups excluding carboxylic acids is 1. The van der Waals surface area contributed by atoms with Crippen LogP contribution in [0.4, 0.5) is 5.69 Å². The van der Waals surface area contributed by atoms with Gasteiger partial charge in [0.05, 0.1) is 10.6 Å². The van der Waals surface area contributed by atoms with E-state index in [9.17, 15) is 13.2 Å². The second-order valence-electron chi connectivity index (χ2n) is 8.03. The topological polar surface area (TPSA) is 66.5 Å². The molecule has 0 aromatic heterocycles. The predicted molar refractivity (Wildman–Crippen MR) is 136 cm³/mol. The summed E-state index contributed by atoms with van der Waals surface area (Å²) in [6, 6.07) is 22.2. The summed E-state index contributed by atoms with van der Waals surface area (Å²) in [6.45, 7) is 6.07. The van der Waals surface area contributed by atoms with Gasteiger partial charge in [-0.25, -0.2) is 8.42 Å². The second-order valence-corrected chi connectivity index (χ2v) is 11.1. The number of hydrogen-bond donors (Lipinski definition) is 1. The van der Waals surface area contributed by atoms with E-state index in [-0.39, 0.29) is 17.3 Å². The Morgan fingerprint density at radius 1 is 0.879 bits per heavy atom. The van der Waals surface area contributed by atoms with Crippen LogP contribution in [0, 0.1) is 20.8 Å². The third-order valence-electron chi connectivity index (χ3n) is 5.12. The van der Waals surface area contributed by atoms with Crippen LogP contribution in [0.5, 0.6) is 0 Å². The zero-order chi connectivity index (χ0) is 23.8. The maximum atomic E-state index is 13.4. The number of hydrogen-bond acceptors (Lipinski definition) is 4.